The summed E-state index contributed by atoms with van der Waals surface area (Å²) in [5, 5.41) is 1.33. The second-order valence-corrected chi connectivity index (χ2v) is 4.34. The highest BCUT2D eigenvalue weighted by atomic mass is 32.2. The number of benzene rings is 2. The summed E-state index contributed by atoms with van der Waals surface area (Å²) in [4.78, 5) is -0.0457. The van der Waals surface area contributed by atoms with Crippen LogP contribution in [0, 0.1) is 0 Å². The van der Waals surface area contributed by atoms with Gasteiger partial charge in [-0.3, -0.25) is 4.55 Å². The zero-order valence-corrected chi connectivity index (χ0v) is 8.03. The first-order valence-electron chi connectivity index (χ1n) is 4.04. The van der Waals surface area contributed by atoms with Crippen LogP contribution in [0.3, 0.4) is 0 Å². The number of rotatable bonds is 1. The Hall–Kier alpha value is -0.624. The van der Waals surface area contributed by atoms with Crippen LogP contribution in [0.25, 0.3) is 10.8 Å². The Kier molecular flexibility index (Phi) is 3.72. The van der Waals surface area contributed by atoms with E-state index in [-0.39, 0.29) is 27.9 Å². The molecule has 3 nitrogen and oxygen atoms in total. The van der Waals surface area contributed by atoms with Gasteiger partial charge in [0.25, 0.3) is 10.1 Å². The smallest absolute Gasteiger partial charge is 0.282 e. The summed E-state index contributed by atoms with van der Waals surface area (Å²) in [5.41, 5.74) is 0. The van der Waals surface area contributed by atoms with E-state index in [9.17, 15) is 8.42 Å². The minimum atomic E-state index is -4.13. The first-order chi connectivity index (χ1) is 6.59. The van der Waals surface area contributed by atoms with Gasteiger partial charge in [0.1, 0.15) is 4.90 Å². The van der Waals surface area contributed by atoms with Crippen molar-refractivity contribution in [1.82, 2.24) is 0 Å². The summed E-state index contributed by atoms with van der Waals surface area (Å²) < 4.78 is 31.0. The second-order valence-electron chi connectivity index (χ2n) is 2.95. The van der Waals surface area contributed by atoms with Gasteiger partial charge in [-0.2, -0.15) is 8.42 Å². The zero-order valence-electron chi connectivity index (χ0n) is 7.21. The summed E-state index contributed by atoms with van der Waals surface area (Å²) in [5.74, 6) is 0. The summed E-state index contributed by atoms with van der Waals surface area (Å²) in [7, 11) is -4.13. The number of fused-ring (bicyclic) bond motifs is 1. The monoisotopic (exact) mass is 234 g/mol. The van der Waals surface area contributed by atoms with E-state index in [0.29, 0.717) is 5.39 Å². The second kappa shape index (κ2) is 4.48. The molecule has 0 aliphatic heterocycles. The summed E-state index contributed by atoms with van der Waals surface area (Å²) >= 11 is 0. The van der Waals surface area contributed by atoms with Gasteiger partial charge in [0, 0.05) is 5.39 Å². The fraction of sp³-hybridized carbons (Fsp3) is 0. The minimum Gasteiger partial charge on any atom is -0.282 e. The zero-order chi connectivity index (χ0) is 10.2. The quantitative estimate of drug-likeness (QED) is 0.595. The van der Waals surface area contributed by atoms with Crippen LogP contribution >= 0.6 is 0 Å². The maximum Gasteiger partial charge on any atom is 0.316 e. The van der Waals surface area contributed by atoms with E-state index in [1.54, 1.807) is 30.3 Å². The first-order valence-corrected chi connectivity index (χ1v) is 5.48. The van der Waals surface area contributed by atoms with Gasteiger partial charge in [0.15, 0.2) is 0 Å². The Bertz CT molecular complexity index is 573. The molecular weight excluding hydrogens is 224 g/mol. The highest BCUT2D eigenvalue weighted by molar-refractivity contribution is 7.86. The molecule has 0 saturated heterocycles. The predicted octanol–water partition coefficient (Wildman–Crippen LogP) is 1.17. The van der Waals surface area contributed by atoms with Crippen LogP contribution in [0.4, 0.5) is 0 Å². The van der Waals surface area contributed by atoms with E-state index >= 15 is 0 Å². The lowest BCUT2D eigenvalue weighted by Gasteiger charge is -2.02. The minimum absolute atomic E-state index is 0. The van der Waals surface area contributed by atoms with E-state index < -0.39 is 10.1 Å². The van der Waals surface area contributed by atoms with E-state index in [2.05, 4.69) is 0 Å². The van der Waals surface area contributed by atoms with Crippen molar-refractivity contribution >= 4 is 43.9 Å². The molecule has 0 aromatic heterocycles. The van der Waals surface area contributed by atoms with Gasteiger partial charge in [0.05, 0.1) is 0 Å². The molecule has 0 aliphatic rings. The molecule has 2 aromatic rings. The normalized spacial score (nSPS) is 11.0. The third-order valence-corrected chi connectivity index (χ3v) is 2.94. The van der Waals surface area contributed by atoms with Crippen LogP contribution in [-0.4, -0.2) is 36.0 Å². The van der Waals surface area contributed by atoms with E-state index in [1.165, 1.54) is 6.07 Å². The fourth-order valence-corrected chi connectivity index (χ4v) is 2.13. The lowest BCUT2D eigenvalue weighted by atomic mass is 10.1. The SMILES string of the molecule is O=S(=O)(O)c1cccc2ccccc12.[MgH2]. The number of hydrogen-bond acceptors (Lipinski definition) is 2. The Balaban J connectivity index is 0.00000112. The summed E-state index contributed by atoms with van der Waals surface area (Å²) in [6.07, 6.45) is 0. The van der Waals surface area contributed by atoms with Crippen LogP contribution in [0.15, 0.2) is 47.4 Å². The van der Waals surface area contributed by atoms with Gasteiger partial charge < -0.3 is 0 Å². The Morgan fingerprint density at radius 1 is 0.933 bits per heavy atom. The topological polar surface area (TPSA) is 54.4 Å². The van der Waals surface area contributed by atoms with E-state index in [0.717, 1.165) is 5.39 Å². The average Bonchev–Trinajstić information content (AvgIpc) is 2.15. The first kappa shape index (κ1) is 12.4. The van der Waals surface area contributed by atoms with Crippen molar-refractivity contribution in [2.75, 3.05) is 0 Å². The molecule has 0 heterocycles. The Labute approximate surface area is 104 Å². The molecule has 0 atom stereocenters. The predicted molar refractivity (Wildman–Crippen MR) is 62.3 cm³/mol. The van der Waals surface area contributed by atoms with Gasteiger partial charge in [-0.15, -0.1) is 0 Å². The maximum atomic E-state index is 11.0. The van der Waals surface area contributed by atoms with Crippen molar-refractivity contribution in [2.24, 2.45) is 0 Å². The van der Waals surface area contributed by atoms with Crippen molar-refractivity contribution in [3.05, 3.63) is 42.5 Å². The molecule has 2 rings (SSSR count). The average molecular weight is 235 g/mol. The largest absolute Gasteiger partial charge is 0.316 e. The van der Waals surface area contributed by atoms with Crippen molar-refractivity contribution in [1.29, 1.82) is 0 Å². The number of hydrogen-bond donors (Lipinski definition) is 1. The van der Waals surface area contributed by atoms with Crippen LogP contribution < -0.4 is 0 Å². The Morgan fingerprint density at radius 3 is 2.20 bits per heavy atom. The van der Waals surface area contributed by atoms with Crippen LogP contribution in [0.2, 0.25) is 0 Å². The van der Waals surface area contributed by atoms with Crippen LogP contribution in [0.1, 0.15) is 0 Å². The standard InChI is InChI=1S/C10H8O3S.Mg.2H/c11-14(12,13)10-7-3-5-8-4-1-2-6-9(8)10;;;/h1-7H,(H,11,12,13);;;. The molecule has 0 unspecified atom stereocenters. The third-order valence-electron chi connectivity index (χ3n) is 2.03. The fourth-order valence-electron chi connectivity index (χ4n) is 1.42. The van der Waals surface area contributed by atoms with Crippen molar-refractivity contribution in [3.8, 4) is 0 Å². The van der Waals surface area contributed by atoms with E-state index in [1.807, 2.05) is 6.07 Å². The maximum absolute atomic E-state index is 11.0. The molecular formula is C10H10MgO3S. The van der Waals surface area contributed by atoms with E-state index in [4.69, 9.17) is 4.55 Å². The van der Waals surface area contributed by atoms with Crippen LogP contribution in [0.5, 0.6) is 0 Å². The molecule has 76 valence electrons. The third kappa shape index (κ3) is 2.49. The van der Waals surface area contributed by atoms with Gasteiger partial charge in [0.2, 0.25) is 0 Å². The van der Waals surface area contributed by atoms with Gasteiger partial charge in [-0.05, 0) is 11.5 Å². The highest BCUT2D eigenvalue weighted by Gasteiger charge is 2.12. The molecule has 0 spiro atoms. The molecule has 0 bridgehead atoms. The van der Waals surface area contributed by atoms with Crippen molar-refractivity contribution in [2.45, 2.75) is 4.90 Å². The molecule has 0 fully saturated rings. The van der Waals surface area contributed by atoms with Crippen molar-refractivity contribution in [3.63, 3.8) is 0 Å². The van der Waals surface area contributed by atoms with Crippen molar-refractivity contribution < 1.29 is 13.0 Å². The summed E-state index contributed by atoms with van der Waals surface area (Å²) in [6.45, 7) is 0. The highest BCUT2D eigenvalue weighted by Crippen LogP contribution is 2.21. The van der Waals surface area contributed by atoms with Gasteiger partial charge in [-0.1, -0.05) is 36.4 Å². The molecule has 0 radical (unpaired) electrons. The molecule has 0 amide bonds. The van der Waals surface area contributed by atoms with Crippen LogP contribution in [-0.2, 0) is 10.1 Å². The van der Waals surface area contributed by atoms with Gasteiger partial charge in [-0.25, -0.2) is 0 Å². The molecule has 5 heteroatoms. The lowest BCUT2D eigenvalue weighted by Crippen LogP contribution is -1.98. The molecule has 0 saturated carbocycles. The molecule has 1 N–H and O–H groups in total. The summed E-state index contributed by atoms with van der Waals surface area (Å²) in [6, 6.07) is 11.8. The van der Waals surface area contributed by atoms with Gasteiger partial charge >= 0.3 is 23.1 Å². The molecule has 0 aliphatic carbocycles. The Morgan fingerprint density at radius 2 is 1.53 bits per heavy atom. The lowest BCUT2D eigenvalue weighted by molar-refractivity contribution is 0.484. The molecule has 2 aromatic carbocycles. The molecule has 15 heavy (non-hydrogen) atoms.